The van der Waals surface area contributed by atoms with E-state index in [0.717, 1.165) is 11.4 Å². The molecule has 0 aliphatic rings. The number of aromatic nitrogens is 1. The maximum Gasteiger partial charge on any atom is 0.0457 e. The van der Waals surface area contributed by atoms with E-state index in [1.807, 2.05) is 12.1 Å². The molecule has 1 nitrogen and oxygen atoms in total. The third-order valence-electron chi connectivity index (χ3n) is 2.78. The van der Waals surface area contributed by atoms with E-state index in [1.165, 1.54) is 35.7 Å². The van der Waals surface area contributed by atoms with Crippen LogP contribution in [-0.4, -0.2) is 4.98 Å². The monoisotopic (exact) mass is 221 g/mol. The summed E-state index contributed by atoms with van der Waals surface area (Å²) in [4.78, 5) is 3.28. The van der Waals surface area contributed by atoms with Gasteiger partial charge in [0.05, 0.1) is 0 Å². The Labute approximate surface area is 95.5 Å². The number of fused-ring (bicyclic) bond motifs is 1. The molecule has 0 atom stereocenters. The summed E-state index contributed by atoms with van der Waals surface area (Å²) >= 11 is 5.99. The van der Waals surface area contributed by atoms with Crippen molar-refractivity contribution in [3.8, 4) is 0 Å². The van der Waals surface area contributed by atoms with Crippen molar-refractivity contribution < 1.29 is 0 Å². The molecule has 1 N–H and O–H groups in total. The molecule has 0 bridgehead atoms. The molecule has 0 radical (unpaired) electrons. The van der Waals surface area contributed by atoms with Gasteiger partial charge in [0.2, 0.25) is 0 Å². The van der Waals surface area contributed by atoms with E-state index in [-0.39, 0.29) is 0 Å². The van der Waals surface area contributed by atoms with Crippen molar-refractivity contribution in [3.05, 3.63) is 35.0 Å². The fourth-order valence-electron chi connectivity index (χ4n) is 1.92. The molecule has 0 unspecified atom stereocenters. The van der Waals surface area contributed by atoms with Gasteiger partial charge in [-0.2, -0.15) is 0 Å². The van der Waals surface area contributed by atoms with Gasteiger partial charge in [0.1, 0.15) is 0 Å². The molecule has 2 heteroatoms. The molecule has 1 aromatic carbocycles. The predicted molar refractivity (Wildman–Crippen MR) is 66.5 cm³/mol. The lowest BCUT2D eigenvalue weighted by Crippen LogP contribution is -1.82. The van der Waals surface area contributed by atoms with Crippen LogP contribution in [0.25, 0.3) is 10.9 Å². The maximum atomic E-state index is 5.99. The normalized spacial score (nSPS) is 11.1. The van der Waals surface area contributed by atoms with E-state index >= 15 is 0 Å². The Balaban J connectivity index is 2.23. The average molecular weight is 222 g/mol. The minimum Gasteiger partial charge on any atom is -0.361 e. The molecule has 0 amide bonds. The Morgan fingerprint density at radius 1 is 1.27 bits per heavy atom. The van der Waals surface area contributed by atoms with Gasteiger partial charge < -0.3 is 4.98 Å². The maximum absolute atomic E-state index is 5.99. The van der Waals surface area contributed by atoms with Crippen molar-refractivity contribution in [1.82, 2.24) is 4.98 Å². The molecule has 80 valence electrons. The molecule has 0 saturated heterocycles. The summed E-state index contributed by atoms with van der Waals surface area (Å²) in [6.45, 7) is 2.23. The third-order valence-corrected chi connectivity index (χ3v) is 3.01. The predicted octanol–water partition coefficient (Wildman–Crippen LogP) is 4.55. The lowest BCUT2D eigenvalue weighted by Gasteiger charge is -1.98. The Bertz CT molecular complexity index is 445. The minimum atomic E-state index is 0.818. The highest BCUT2D eigenvalue weighted by molar-refractivity contribution is 6.31. The molecule has 2 aromatic rings. The average Bonchev–Trinajstić information content (AvgIpc) is 2.62. The van der Waals surface area contributed by atoms with Crippen LogP contribution in [0.2, 0.25) is 5.02 Å². The van der Waals surface area contributed by atoms with Gasteiger partial charge in [-0.1, -0.05) is 31.4 Å². The van der Waals surface area contributed by atoms with Crippen molar-refractivity contribution in [2.75, 3.05) is 0 Å². The number of hydrogen-bond donors (Lipinski definition) is 1. The van der Waals surface area contributed by atoms with Gasteiger partial charge in [0, 0.05) is 22.1 Å². The molecule has 2 rings (SSSR count). The number of aryl methyl sites for hydroxylation is 1. The van der Waals surface area contributed by atoms with Crippen LogP contribution < -0.4 is 0 Å². The Kier molecular flexibility index (Phi) is 3.32. The van der Waals surface area contributed by atoms with Gasteiger partial charge in [-0.3, -0.25) is 0 Å². The van der Waals surface area contributed by atoms with Crippen LogP contribution >= 0.6 is 11.6 Å². The van der Waals surface area contributed by atoms with Gasteiger partial charge in [0.15, 0.2) is 0 Å². The Morgan fingerprint density at radius 3 is 2.93 bits per heavy atom. The summed E-state index contributed by atoms with van der Waals surface area (Å²) in [5.74, 6) is 0. The van der Waals surface area contributed by atoms with Crippen molar-refractivity contribution in [2.24, 2.45) is 0 Å². The van der Waals surface area contributed by atoms with Gasteiger partial charge >= 0.3 is 0 Å². The highest BCUT2D eigenvalue weighted by atomic mass is 35.5. The summed E-state index contributed by atoms with van der Waals surface area (Å²) in [7, 11) is 0. The molecule has 15 heavy (non-hydrogen) atoms. The zero-order chi connectivity index (χ0) is 10.7. The number of halogens is 1. The lowest BCUT2D eigenvalue weighted by molar-refractivity contribution is 0.719. The van der Waals surface area contributed by atoms with E-state index in [2.05, 4.69) is 24.2 Å². The number of rotatable bonds is 4. The number of H-pyrrole nitrogens is 1. The van der Waals surface area contributed by atoms with Crippen LogP contribution in [0, 0.1) is 0 Å². The van der Waals surface area contributed by atoms with Crippen molar-refractivity contribution in [1.29, 1.82) is 0 Å². The van der Waals surface area contributed by atoms with Crippen LogP contribution in [0.3, 0.4) is 0 Å². The highest BCUT2D eigenvalue weighted by Crippen LogP contribution is 2.23. The fraction of sp³-hybridized carbons (Fsp3) is 0.385. The number of aromatic amines is 1. The fourth-order valence-corrected chi connectivity index (χ4v) is 2.10. The van der Waals surface area contributed by atoms with Crippen LogP contribution in [0.4, 0.5) is 0 Å². The van der Waals surface area contributed by atoms with Gasteiger partial charge in [-0.05, 0) is 36.6 Å². The second-order valence-corrected chi connectivity index (χ2v) is 4.40. The number of unbranched alkanes of at least 4 members (excludes halogenated alkanes) is 2. The molecule has 0 aliphatic heterocycles. The highest BCUT2D eigenvalue weighted by Gasteiger charge is 2.03. The van der Waals surface area contributed by atoms with Crippen molar-refractivity contribution in [3.63, 3.8) is 0 Å². The third kappa shape index (κ3) is 2.35. The van der Waals surface area contributed by atoms with E-state index in [4.69, 9.17) is 11.6 Å². The van der Waals surface area contributed by atoms with Crippen LogP contribution in [0.1, 0.15) is 31.7 Å². The molecule has 1 aromatic heterocycles. The summed E-state index contributed by atoms with van der Waals surface area (Å²) in [5, 5.41) is 2.09. The molecule has 0 aliphatic carbocycles. The van der Waals surface area contributed by atoms with Gasteiger partial charge in [0.25, 0.3) is 0 Å². The first-order valence-corrected chi connectivity index (χ1v) is 5.94. The Morgan fingerprint density at radius 2 is 2.13 bits per heavy atom. The van der Waals surface area contributed by atoms with Crippen LogP contribution in [0.5, 0.6) is 0 Å². The number of benzene rings is 1. The van der Waals surface area contributed by atoms with E-state index in [1.54, 1.807) is 0 Å². The van der Waals surface area contributed by atoms with Crippen molar-refractivity contribution >= 4 is 22.5 Å². The summed E-state index contributed by atoms with van der Waals surface area (Å²) in [6.07, 6.45) is 7.08. The summed E-state index contributed by atoms with van der Waals surface area (Å²) in [5.41, 5.74) is 2.58. The first kappa shape index (κ1) is 10.6. The van der Waals surface area contributed by atoms with Crippen LogP contribution in [0.15, 0.2) is 24.4 Å². The lowest BCUT2D eigenvalue weighted by atomic mass is 10.1. The SMILES string of the molecule is CCCCCc1c[nH]c2ccc(Cl)cc12. The van der Waals surface area contributed by atoms with E-state index in [0.29, 0.717) is 0 Å². The summed E-state index contributed by atoms with van der Waals surface area (Å²) < 4.78 is 0. The molecule has 1 heterocycles. The smallest absolute Gasteiger partial charge is 0.0457 e. The molecular weight excluding hydrogens is 206 g/mol. The van der Waals surface area contributed by atoms with Crippen molar-refractivity contribution in [2.45, 2.75) is 32.6 Å². The largest absolute Gasteiger partial charge is 0.361 e. The minimum absolute atomic E-state index is 0.818. The first-order valence-electron chi connectivity index (χ1n) is 5.57. The summed E-state index contributed by atoms with van der Waals surface area (Å²) in [6, 6.07) is 6.02. The zero-order valence-electron chi connectivity index (χ0n) is 9.02. The number of nitrogens with one attached hydrogen (secondary N) is 1. The molecular formula is C13H16ClN. The van der Waals surface area contributed by atoms with Crippen LogP contribution in [-0.2, 0) is 6.42 Å². The Hall–Kier alpha value is -0.950. The second-order valence-electron chi connectivity index (χ2n) is 3.96. The zero-order valence-corrected chi connectivity index (χ0v) is 9.77. The first-order chi connectivity index (χ1) is 7.31. The van der Waals surface area contributed by atoms with Gasteiger partial charge in [-0.25, -0.2) is 0 Å². The molecule has 0 fully saturated rings. The van der Waals surface area contributed by atoms with E-state index < -0.39 is 0 Å². The quantitative estimate of drug-likeness (QED) is 0.729. The molecule has 0 saturated carbocycles. The number of hydrogen-bond acceptors (Lipinski definition) is 0. The topological polar surface area (TPSA) is 15.8 Å². The van der Waals surface area contributed by atoms with Gasteiger partial charge in [-0.15, -0.1) is 0 Å². The second kappa shape index (κ2) is 4.71. The standard InChI is InChI=1S/C13H16ClN/c1-2-3-4-5-10-9-15-13-7-6-11(14)8-12(10)13/h6-9,15H,2-5H2,1H3. The molecule has 0 spiro atoms. The van der Waals surface area contributed by atoms with E-state index in [9.17, 15) is 0 Å².